The number of epoxide rings is 1. The summed E-state index contributed by atoms with van der Waals surface area (Å²) in [6.45, 7) is -0.642. The largest absolute Gasteiger partial charge is 0.398 e. The van der Waals surface area contributed by atoms with Crippen LogP contribution in [0.2, 0.25) is 0 Å². The summed E-state index contributed by atoms with van der Waals surface area (Å²) in [6, 6.07) is 1.42. The number of aromatic amines is 1. The van der Waals surface area contributed by atoms with Gasteiger partial charge in [-0.3, -0.25) is 4.57 Å². The number of halogens is 3. The van der Waals surface area contributed by atoms with Gasteiger partial charge in [-0.25, -0.2) is 0 Å². The average molecular weight is 326 g/mol. The zero-order valence-electron chi connectivity index (χ0n) is 9.76. The van der Waals surface area contributed by atoms with Gasteiger partial charge >= 0.3 is 6.18 Å². The van der Waals surface area contributed by atoms with Gasteiger partial charge in [-0.2, -0.15) is 13.2 Å². The van der Waals surface area contributed by atoms with Crippen LogP contribution in [0.4, 0.5) is 13.2 Å². The zero-order valence-corrected chi connectivity index (χ0v) is 11.4. The predicted molar refractivity (Wildman–Crippen MR) is 64.8 cm³/mol. The molecular formula is C10H9F3N2O3S2. The molecule has 2 aliphatic heterocycles. The maximum Gasteiger partial charge on any atom is 0.398 e. The summed E-state index contributed by atoms with van der Waals surface area (Å²) < 4.78 is 51.1. The Kier molecular flexibility index (Phi) is 3.07. The van der Waals surface area contributed by atoms with E-state index in [0.717, 1.165) is 4.57 Å². The number of aliphatic hydroxyl groups excluding tert-OH is 1. The van der Waals surface area contributed by atoms with E-state index in [2.05, 4.69) is 4.98 Å². The Balaban J connectivity index is 2.04. The highest BCUT2D eigenvalue weighted by Gasteiger charge is 2.76. The molecule has 20 heavy (non-hydrogen) atoms. The summed E-state index contributed by atoms with van der Waals surface area (Å²) in [7, 11) is 0. The molecule has 10 heteroatoms. The Bertz CT molecular complexity index is 658. The van der Waals surface area contributed by atoms with Gasteiger partial charge in [0.15, 0.2) is 11.0 Å². The summed E-state index contributed by atoms with van der Waals surface area (Å²) in [5.74, 6) is -3.47. The lowest BCUT2D eigenvalue weighted by Crippen LogP contribution is -2.34. The summed E-state index contributed by atoms with van der Waals surface area (Å²) in [6.07, 6.45) is -5.81. The molecule has 3 rings (SSSR count). The number of ether oxygens (including phenoxy) is 2. The molecule has 0 bridgehead atoms. The molecular weight excluding hydrogens is 317 g/mol. The molecule has 2 fully saturated rings. The van der Waals surface area contributed by atoms with Crippen molar-refractivity contribution in [3.8, 4) is 0 Å². The van der Waals surface area contributed by atoms with Crippen molar-refractivity contribution in [3.63, 3.8) is 0 Å². The van der Waals surface area contributed by atoms with Crippen molar-refractivity contribution < 1.29 is 27.8 Å². The van der Waals surface area contributed by atoms with Gasteiger partial charge in [0.1, 0.15) is 23.3 Å². The van der Waals surface area contributed by atoms with Crippen LogP contribution in [0.15, 0.2) is 12.3 Å². The third-order valence-electron chi connectivity index (χ3n) is 3.38. The van der Waals surface area contributed by atoms with Gasteiger partial charge in [0, 0.05) is 6.20 Å². The van der Waals surface area contributed by atoms with Gasteiger partial charge in [-0.15, -0.1) is 0 Å². The number of nitrogens with one attached hydrogen (secondary N) is 1. The lowest BCUT2D eigenvalue weighted by Gasteiger charge is -2.26. The number of alkyl halides is 3. The molecule has 5 nitrogen and oxygen atoms in total. The fourth-order valence-electron chi connectivity index (χ4n) is 2.41. The van der Waals surface area contributed by atoms with E-state index in [1.165, 1.54) is 12.3 Å². The van der Waals surface area contributed by atoms with E-state index in [0.29, 0.717) is 4.64 Å². The molecule has 1 aromatic heterocycles. The molecule has 0 spiro atoms. The van der Waals surface area contributed by atoms with E-state index in [1.807, 2.05) is 0 Å². The van der Waals surface area contributed by atoms with Crippen LogP contribution < -0.4 is 0 Å². The van der Waals surface area contributed by atoms with Gasteiger partial charge in [0.2, 0.25) is 5.79 Å². The minimum atomic E-state index is -4.54. The van der Waals surface area contributed by atoms with Crippen LogP contribution in [-0.2, 0) is 9.47 Å². The van der Waals surface area contributed by atoms with Crippen LogP contribution >= 0.6 is 24.4 Å². The molecule has 0 radical (unpaired) electrons. The van der Waals surface area contributed by atoms with Crippen molar-refractivity contribution in [1.29, 1.82) is 0 Å². The highest BCUT2D eigenvalue weighted by molar-refractivity contribution is 7.72. The first-order chi connectivity index (χ1) is 9.28. The summed E-state index contributed by atoms with van der Waals surface area (Å²) in [5, 5.41) is 9.15. The van der Waals surface area contributed by atoms with Crippen LogP contribution in [-0.4, -0.2) is 39.3 Å². The van der Waals surface area contributed by atoms with E-state index in [9.17, 15) is 13.2 Å². The lowest BCUT2D eigenvalue weighted by atomic mass is 10.0. The second kappa shape index (κ2) is 4.34. The van der Waals surface area contributed by atoms with Gasteiger partial charge in [0.25, 0.3) is 0 Å². The number of hydrogen-bond donors (Lipinski definition) is 2. The van der Waals surface area contributed by atoms with Crippen LogP contribution in [0.3, 0.4) is 0 Å². The molecule has 2 N–H and O–H groups in total. The topological polar surface area (TPSA) is 62.7 Å². The first-order valence-electron chi connectivity index (χ1n) is 5.63. The highest BCUT2D eigenvalue weighted by atomic mass is 32.1. The van der Waals surface area contributed by atoms with Crippen LogP contribution in [0.5, 0.6) is 0 Å². The number of rotatable bonds is 2. The van der Waals surface area contributed by atoms with E-state index < -0.39 is 36.8 Å². The molecule has 4 atom stereocenters. The van der Waals surface area contributed by atoms with Crippen LogP contribution in [0.25, 0.3) is 0 Å². The van der Waals surface area contributed by atoms with Crippen molar-refractivity contribution in [2.45, 2.75) is 24.3 Å². The predicted octanol–water partition coefficient (Wildman–Crippen LogP) is 2.07. The summed E-state index contributed by atoms with van der Waals surface area (Å²) in [4.78, 5) is 2.59. The van der Waals surface area contributed by atoms with Crippen molar-refractivity contribution in [2.75, 3.05) is 6.61 Å². The Hall–Kier alpha value is -0.810. The molecule has 0 saturated carbocycles. The minimum Gasteiger partial charge on any atom is -0.391 e. The van der Waals surface area contributed by atoms with E-state index in [1.54, 1.807) is 0 Å². The van der Waals surface area contributed by atoms with Crippen molar-refractivity contribution in [1.82, 2.24) is 9.55 Å². The minimum absolute atomic E-state index is 0.0196. The summed E-state index contributed by atoms with van der Waals surface area (Å²) in [5.41, 5.74) is 0. The number of nitrogens with zero attached hydrogens (tertiary/aromatic N) is 1. The molecule has 1 aromatic rings. The molecule has 0 aromatic carbocycles. The molecule has 3 heterocycles. The quantitative estimate of drug-likeness (QED) is 0.643. The van der Waals surface area contributed by atoms with E-state index in [-0.39, 0.29) is 4.77 Å². The summed E-state index contributed by atoms with van der Waals surface area (Å²) >= 11 is 9.82. The molecule has 2 unspecified atom stereocenters. The van der Waals surface area contributed by atoms with Crippen LogP contribution in [0, 0.1) is 15.3 Å². The van der Waals surface area contributed by atoms with Crippen molar-refractivity contribution in [3.05, 3.63) is 21.7 Å². The number of fused-ring (bicyclic) bond motifs is 1. The maximum absolute atomic E-state index is 13.2. The fourth-order valence-corrected chi connectivity index (χ4v) is 2.90. The Morgan fingerprint density at radius 2 is 2.10 bits per heavy atom. The average Bonchev–Trinajstić information content (AvgIpc) is 2.93. The van der Waals surface area contributed by atoms with Gasteiger partial charge in [0.05, 0.1) is 0 Å². The number of hydrogen-bond acceptors (Lipinski definition) is 5. The van der Waals surface area contributed by atoms with Crippen molar-refractivity contribution >= 4 is 24.4 Å². The smallest absolute Gasteiger partial charge is 0.391 e. The fraction of sp³-hybridized carbons (Fsp3) is 0.600. The Morgan fingerprint density at radius 1 is 1.40 bits per heavy atom. The maximum atomic E-state index is 13.2. The Labute approximate surface area is 120 Å². The first kappa shape index (κ1) is 14.1. The molecule has 0 amide bonds. The molecule has 2 saturated heterocycles. The third kappa shape index (κ3) is 2.02. The normalized spacial score (nSPS) is 35.9. The standard InChI is InChI=1S/C10H9F3N2O3S2/c11-10(12,13)5-6-9(3-16,17-6)18-7(5)15-2-1-4(19)14-8(15)20/h1-2,5-7,16H,3H2,(H,14,19,20)/t5?,6-,7-,9?/m1/s1. The van der Waals surface area contributed by atoms with Gasteiger partial charge in [-0.1, -0.05) is 12.2 Å². The second-order valence-corrected chi connectivity index (χ2v) is 5.43. The second-order valence-electron chi connectivity index (χ2n) is 4.60. The SMILES string of the molecule is OCC12O[C@@H](n3ccc(=S)[nH]c3=S)C(C(F)(F)F)[C@H]1O2. The molecule has 110 valence electrons. The van der Waals surface area contributed by atoms with Gasteiger partial charge in [-0.05, 0) is 18.3 Å². The lowest BCUT2D eigenvalue weighted by molar-refractivity contribution is -0.237. The molecule has 2 aliphatic rings. The number of aliphatic hydroxyl groups is 1. The van der Waals surface area contributed by atoms with E-state index >= 15 is 0 Å². The third-order valence-corrected chi connectivity index (χ3v) is 3.93. The number of aromatic nitrogens is 2. The highest BCUT2D eigenvalue weighted by Crippen LogP contribution is 2.59. The van der Waals surface area contributed by atoms with E-state index in [4.69, 9.17) is 39.0 Å². The van der Waals surface area contributed by atoms with Gasteiger partial charge < -0.3 is 19.6 Å². The molecule has 0 aliphatic carbocycles. The number of H-pyrrole nitrogens is 1. The monoisotopic (exact) mass is 326 g/mol. The zero-order chi connectivity index (χ0) is 14.7. The Morgan fingerprint density at radius 3 is 2.65 bits per heavy atom. The van der Waals surface area contributed by atoms with Crippen LogP contribution in [0.1, 0.15) is 6.23 Å². The first-order valence-corrected chi connectivity index (χ1v) is 6.45. The van der Waals surface area contributed by atoms with Crippen molar-refractivity contribution in [2.24, 2.45) is 5.92 Å².